The zero-order valence-corrected chi connectivity index (χ0v) is 21.2. The lowest BCUT2D eigenvalue weighted by Gasteiger charge is -2.32. The number of halogens is 2. The Morgan fingerprint density at radius 3 is 1.97 bits per heavy atom. The van der Waals surface area contributed by atoms with Gasteiger partial charge in [-0.25, -0.2) is 9.38 Å². The van der Waals surface area contributed by atoms with Crippen molar-refractivity contribution in [3.8, 4) is 5.75 Å². The van der Waals surface area contributed by atoms with E-state index in [1.165, 1.54) is 0 Å². The molecule has 0 radical (unpaired) electrons. The van der Waals surface area contributed by atoms with Crippen LogP contribution in [-0.4, -0.2) is 31.1 Å². The molecule has 1 aliphatic heterocycles. The van der Waals surface area contributed by atoms with Gasteiger partial charge in [0.1, 0.15) is 0 Å². The average molecular weight is 500 g/mol. The molecule has 1 heterocycles. The van der Waals surface area contributed by atoms with E-state index in [1.807, 2.05) is 88.4 Å². The maximum Gasteiger partial charge on any atom is 0.495 e. The number of methoxy groups -OCH3 is 1. The Labute approximate surface area is 217 Å². The molecule has 0 amide bonds. The van der Waals surface area contributed by atoms with Crippen molar-refractivity contribution in [1.82, 2.24) is 0 Å². The van der Waals surface area contributed by atoms with Crippen molar-refractivity contribution in [3.63, 3.8) is 0 Å². The lowest BCUT2D eigenvalue weighted by atomic mass is 9.75. The molecule has 37 heavy (non-hydrogen) atoms. The summed E-state index contributed by atoms with van der Waals surface area (Å²) < 4.78 is 55.1. The highest BCUT2D eigenvalue weighted by Gasteiger charge is 2.52. The molecule has 0 aromatic heterocycles. The van der Waals surface area contributed by atoms with Gasteiger partial charge in [0.15, 0.2) is 11.6 Å². The van der Waals surface area contributed by atoms with E-state index in [9.17, 15) is 8.78 Å². The zero-order chi connectivity index (χ0) is 27.1. The smallest absolute Gasteiger partial charge is 0.493 e. The van der Waals surface area contributed by atoms with Crippen LogP contribution in [0.15, 0.2) is 83.9 Å². The Kier molecular flexibility index (Phi) is 6.05. The molecule has 4 nitrogen and oxygen atoms in total. The van der Waals surface area contributed by atoms with Gasteiger partial charge in [0, 0.05) is 16.5 Å². The normalized spacial score (nSPS) is 16.5. The van der Waals surface area contributed by atoms with Crippen LogP contribution in [-0.2, 0) is 9.31 Å². The van der Waals surface area contributed by atoms with Crippen LogP contribution in [0.25, 0.3) is 10.8 Å². The molecule has 0 saturated carbocycles. The third-order valence-corrected chi connectivity index (χ3v) is 7.09. The predicted octanol–water partition coefficient (Wildman–Crippen LogP) is 6.59. The summed E-state index contributed by atoms with van der Waals surface area (Å²) in [5.74, 6) is -2.58. The molecule has 0 atom stereocenters. The first-order chi connectivity index (χ1) is 18.1. The van der Waals surface area contributed by atoms with Gasteiger partial charge in [-0.3, -0.25) is 0 Å². The number of rotatable bonds is 5. The predicted molar refractivity (Wildman–Crippen MR) is 144 cm³/mol. The fraction of sp³-hybridized carbons (Fsp3) is 0.233. The highest BCUT2D eigenvalue weighted by molar-refractivity contribution is 6.65. The number of hydrogen-bond acceptors (Lipinski definition) is 4. The Morgan fingerprint density at radius 2 is 1.43 bits per heavy atom. The third-order valence-electron chi connectivity index (χ3n) is 7.09. The molecule has 188 valence electrons. The van der Waals surface area contributed by atoms with Crippen LogP contribution in [0.1, 0.15) is 40.2 Å². The summed E-state index contributed by atoms with van der Waals surface area (Å²) in [7, 11) is -1.47. The highest BCUT2D eigenvalue weighted by Crippen LogP contribution is 2.39. The van der Waals surface area contributed by atoms with Crippen molar-refractivity contribution in [2.24, 2.45) is 4.99 Å². The van der Waals surface area contributed by atoms with E-state index in [2.05, 4.69) is 0 Å². The summed E-state index contributed by atoms with van der Waals surface area (Å²) in [6.45, 7) is 7.67. The molecule has 1 saturated heterocycles. The second kappa shape index (κ2) is 9.40. The van der Waals surface area contributed by atoms with Gasteiger partial charge in [0.05, 0.1) is 31.1 Å². The molecule has 7 heteroatoms. The molecule has 4 aromatic carbocycles. The van der Waals surface area contributed by atoms with Gasteiger partial charge in [-0.05, 0) is 56.7 Å². The first-order valence-corrected chi connectivity index (χ1v) is 12.0. The lowest BCUT2D eigenvalue weighted by Crippen LogP contribution is -2.41. The van der Waals surface area contributed by atoms with Crippen LogP contribution in [0, 0.1) is 11.6 Å². The molecule has 5 rings (SSSR count). The van der Waals surface area contributed by atoms with Crippen LogP contribution >= 0.6 is 0 Å². The number of nitrogens with zero attached hydrogens (tertiary/aromatic N) is 1. The maximum absolute atomic E-state index is 15.0. The third kappa shape index (κ3) is 4.54. The zero-order valence-electron chi connectivity index (χ0n) is 22.2. The van der Waals surface area contributed by atoms with Crippen LogP contribution in [0.4, 0.5) is 14.5 Å². The van der Waals surface area contributed by atoms with Crippen molar-refractivity contribution < 1.29 is 24.2 Å². The molecular weight excluding hydrogens is 471 g/mol. The summed E-state index contributed by atoms with van der Waals surface area (Å²) in [4.78, 5) is 4.99. The quantitative estimate of drug-likeness (QED) is 0.229. The van der Waals surface area contributed by atoms with Crippen molar-refractivity contribution in [2.45, 2.75) is 38.9 Å². The highest BCUT2D eigenvalue weighted by atomic mass is 19.2. The van der Waals surface area contributed by atoms with Gasteiger partial charge in [0.25, 0.3) is 0 Å². The number of fused-ring (bicyclic) bond motifs is 1. The molecule has 0 N–H and O–H groups in total. The van der Waals surface area contributed by atoms with Gasteiger partial charge in [-0.2, -0.15) is 4.39 Å². The number of hydrogen-bond donors (Lipinski definition) is 0. The second-order valence-electron chi connectivity index (χ2n) is 10.1. The molecule has 1 fully saturated rings. The standard InChI is InChI=1S/C30H28BF2NO3/c1-29(2)30(3,4)37-31(36-29)23-18-22(16-21-17-24(32)26(33)28(35-5)25(21)23)34-27(19-12-8-6-9-13-19)20-14-10-7-11-15-20/h6-18H,1-5H3/i5D. The molecular formula is C30H28BF2NO3. The van der Waals surface area contributed by atoms with Gasteiger partial charge in [-0.1, -0.05) is 60.7 Å². The minimum absolute atomic E-state index is 0.287. The Bertz CT molecular complexity index is 1450. The van der Waals surface area contributed by atoms with Gasteiger partial charge in [0.2, 0.25) is 5.82 Å². The molecule has 0 bridgehead atoms. The number of benzene rings is 4. The maximum atomic E-state index is 15.0. The number of aliphatic imine (C=N–C) groups is 1. The van der Waals surface area contributed by atoms with E-state index < -0.39 is 37.0 Å². The summed E-state index contributed by atoms with van der Waals surface area (Å²) in [5, 5.41) is 0.647. The fourth-order valence-electron chi connectivity index (χ4n) is 4.44. The van der Waals surface area contributed by atoms with Crippen molar-refractivity contribution >= 4 is 34.8 Å². The Hall–Kier alpha value is -3.55. The topological polar surface area (TPSA) is 40.0 Å². The Balaban J connectivity index is 1.78. The van der Waals surface area contributed by atoms with E-state index in [0.29, 0.717) is 16.5 Å². The fourth-order valence-corrected chi connectivity index (χ4v) is 4.44. The average Bonchev–Trinajstić information content (AvgIpc) is 3.12. The van der Waals surface area contributed by atoms with Gasteiger partial charge in [-0.15, -0.1) is 0 Å². The summed E-state index contributed by atoms with van der Waals surface area (Å²) in [6.07, 6.45) is 0. The first-order valence-electron chi connectivity index (χ1n) is 12.7. The monoisotopic (exact) mass is 500 g/mol. The first kappa shape index (κ1) is 23.8. The van der Waals surface area contributed by atoms with E-state index in [1.54, 1.807) is 12.1 Å². The van der Waals surface area contributed by atoms with E-state index in [4.69, 9.17) is 20.4 Å². The molecule has 1 aliphatic rings. The largest absolute Gasteiger partial charge is 0.495 e. The van der Waals surface area contributed by atoms with E-state index in [-0.39, 0.29) is 11.1 Å². The molecule has 0 aliphatic carbocycles. The van der Waals surface area contributed by atoms with Crippen LogP contribution < -0.4 is 10.2 Å². The lowest BCUT2D eigenvalue weighted by molar-refractivity contribution is 0.00578. The van der Waals surface area contributed by atoms with Crippen molar-refractivity contribution in [1.29, 1.82) is 0 Å². The Morgan fingerprint density at radius 1 is 0.865 bits per heavy atom. The van der Waals surface area contributed by atoms with Crippen LogP contribution in [0.2, 0.25) is 0 Å². The van der Waals surface area contributed by atoms with Crippen LogP contribution in [0.3, 0.4) is 0 Å². The van der Waals surface area contributed by atoms with Crippen molar-refractivity contribution in [3.05, 3.63) is 102 Å². The molecule has 4 aromatic rings. The van der Waals surface area contributed by atoms with Gasteiger partial charge < -0.3 is 14.0 Å². The number of ether oxygens (including phenoxy) is 1. The minimum atomic E-state index is -1.16. The van der Waals surface area contributed by atoms with Crippen molar-refractivity contribution in [2.75, 3.05) is 7.09 Å². The summed E-state index contributed by atoms with van der Waals surface area (Å²) in [5.41, 5.74) is 2.14. The van der Waals surface area contributed by atoms with E-state index >= 15 is 0 Å². The SMILES string of the molecule is [2H]COc1c(F)c(F)cc2cc(N=C(c3ccccc3)c3ccccc3)cc(B3OC(C)(C)C(C)(C)O3)c12. The molecule has 0 spiro atoms. The molecule has 0 unspecified atom stereocenters. The second-order valence-corrected chi connectivity index (χ2v) is 10.1. The van der Waals surface area contributed by atoms with Gasteiger partial charge >= 0.3 is 7.12 Å². The van der Waals surface area contributed by atoms with Crippen LogP contribution in [0.5, 0.6) is 5.75 Å². The summed E-state index contributed by atoms with van der Waals surface area (Å²) in [6, 6.07) is 24.0. The minimum Gasteiger partial charge on any atom is -0.493 e. The summed E-state index contributed by atoms with van der Waals surface area (Å²) >= 11 is 0. The van der Waals surface area contributed by atoms with E-state index in [0.717, 1.165) is 22.9 Å².